The SMILES string of the molecule is CCOC(C)C#Cc1cccc2cc(C(C)NC(=O)c3c(C)nn4cccnc34)n(-c3ccccc3)c(=O)c12. The van der Waals surface area contributed by atoms with E-state index in [9.17, 15) is 9.59 Å². The summed E-state index contributed by atoms with van der Waals surface area (Å²) in [4.78, 5) is 31.9. The number of aromatic nitrogens is 4. The molecule has 3 aromatic heterocycles. The highest BCUT2D eigenvalue weighted by molar-refractivity contribution is 6.01. The number of pyridine rings is 1. The highest BCUT2D eigenvalue weighted by atomic mass is 16.5. The summed E-state index contributed by atoms with van der Waals surface area (Å²) in [5, 5.41) is 8.73. The Morgan fingerprint density at radius 2 is 1.90 bits per heavy atom. The first kappa shape index (κ1) is 25.9. The maximum absolute atomic E-state index is 14.1. The topological polar surface area (TPSA) is 90.5 Å². The number of ether oxygens (including phenoxy) is 1. The lowest BCUT2D eigenvalue weighted by atomic mass is 10.0. The summed E-state index contributed by atoms with van der Waals surface area (Å²) < 4.78 is 8.77. The molecule has 0 spiro atoms. The fraction of sp³-hybridized carbons (Fsp3) is 0.226. The zero-order chi connectivity index (χ0) is 27.5. The number of fused-ring (bicyclic) bond motifs is 2. The van der Waals surface area contributed by atoms with Crippen LogP contribution in [0.25, 0.3) is 22.1 Å². The molecule has 3 heterocycles. The van der Waals surface area contributed by atoms with Crippen molar-refractivity contribution in [2.24, 2.45) is 0 Å². The van der Waals surface area contributed by atoms with Crippen LogP contribution in [-0.2, 0) is 4.74 Å². The molecular formula is C31H29N5O3. The normalized spacial score (nSPS) is 12.6. The molecule has 2 atom stereocenters. The second kappa shape index (κ2) is 10.9. The van der Waals surface area contributed by atoms with Crippen LogP contribution in [0.15, 0.2) is 77.9 Å². The van der Waals surface area contributed by atoms with Gasteiger partial charge in [-0.1, -0.05) is 42.2 Å². The fourth-order valence-corrected chi connectivity index (χ4v) is 4.72. The fourth-order valence-electron chi connectivity index (χ4n) is 4.72. The zero-order valence-corrected chi connectivity index (χ0v) is 22.3. The summed E-state index contributed by atoms with van der Waals surface area (Å²) in [6.07, 6.45) is 3.12. The molecule has 0 saturated carbocycles. The van der Waals surface area contributed by atoms with Crippen molar-refractivity contribution in [2.45, 2.75) is 39.8 Å². The van der Waals surface area contributed by atoms with Crippen LogP contribution >= 0.6 is 0 Å². The van der Waals surface area contributed by atoms with Crippen LogP contribution in [0.1, 0.15) is 54.1 Å². The molecule has 8 nitrogen and oxygen atoms in total. The van der Waals surface area contributed by atoms with Crippen molar-refractivity contribution < 1.29 is 9.53 Å². The van der Waals surface area contributed by atoms with E-state index in [1.165, 1.54) is 0 Å². The Morgan fingerprint density at radius 3 is 2.67 bits per heavy atom. The van der Waals surface area contributed by atoms with E-state index in [0.29, 0.717) is 45.8 Å². The summed E-state index contributed by atoms with van der Waals surface area (Å²) in [7, 11) is 0. The number of carbonyl (C=O) groups excluding carboxylic acids is 1. The molecule has 2 unspecified atom stereocenters. The Morgan fingerprint density at radius 1 is 1.10 bits per heavy atom. The number of hydrogen-bond acceptors (Lipinski definition) is 5. The van der Waals surface area contributed by atoms with Gasteiger partial charge in [0.2, 0.25) is 0 Å². The van der Waals surface area contributed by atoms with Crippen molar-refractivity contribution in [3.63, 3.8) is 0 Å². The number of aryl methyl sites for hydroxylation is 1. The maximum Gasteiger partial charge on any atom is 0.264 e. The number of carbonyl (C=O) groups is 1. The minimum atomic E-state index is -0.513. The number of benzene rings is 2. The first-order valence-electron chi connectivity index (χ1n) is 12.9. The molecule has 0 radical (unpaired) electrons. The average Bonchev–Trinajstić information content (AvgIpc) is 3.28. The first-order chi connectivity index (χ1) is 18.9. The van der Waals surface area contributed by atoms with E-state index in [2.05, 4.69) is 27.2 Å². The van der Waals surface area contributed by atoms with E-state index < -0.39 is 6.04 Å². The smallest absolute Gasteiger partial charge is 0.264 e. The van der Waals surface area contributed by atoms with Gasteiger partial charge < -0.3 is 10.1 Å². The number of amides is 1. The standard InChI is InChI=1S/C31H29N5O3/c1-5-39-20(2)15-16-23-11-9-12-24-19-26(36(31(38)28(23)24)25-13-7-6-8-14-25)21(3)33-30(37)27-22(4)34-35-18-10-17-32-29(27)35/h6-14,17-21H,5H2,1-4H3,(H,33,37). The van der Waals surface area contributed by atoms with Gasteiger partial charge >= 0.3 is 0 Å². The molecule has 0 aliphatic carbocycles. The van der Waals surface area contributed by atoms with E-state index in [0.717, 1.165) is 5.39 Å². The highest BCUT2D eigenvalue weighted by Gasteiger charge is 2.23. The lowest BCUT2D eigenvalue weighted by molar-refractivity contribution is 0.0939. The minimum absolute atomic E-state index is 0.211. The van der Waals surface area contributed by atoms with E-state index >= 15 is 0 Å². The minimum Gasteiger partial charge on any atom is -0.366 e. The van der Waals surface area contributed by atoms with Gasteiger partial charge in [-0.3, -0.25) is 14.2 Å². The van der Waals surface area contributed by atoms with Gasteiger partial charge in [0, 0.05) is 35.9 Å². The van der Waals surface area contributed by atoms with Gasteiger partial charge in [-0.05, 0) is 63.4 Å². The Kier molecular flexibility index (Phi) is 7.26. The van der Waals surface area contributed by atoms with Crippen LogP contribution in [0.5, 0.6) is 0 Å². The van der Waals surface area contributed by atoms with Gasteiger partial charge in [0.25, 0.3) is 11.5 Å². The predicted molar refractivity (Wildman–Crippen MR) is 151 cm³/mol. The van der Waals surface area contributed by atoms with Gasteiger partial charge in [0.15, 0.2) is 5.65 Å². The Labute approximate surface area is 226 Å². The van der Waals surface area contributed by atoms with Crippen LogP contribution < -0.4 is 10.9 Å². The summed E-state index contributed by atoms with van der Waals surface area (Å²) in [6, 6.07) is 18.2. The van der Waals surface area contributed by atoms with Gasteiger partial charge in [0.05, 0.1) is 17.1 Å². The summed E-state index contributed by atoms with van der Waals surface area (Å²) in [5.74, 6) is 5.91. The monoisotopic (exact) mass is 519 g/mol. The first-order valence-corrected chi connectivity index (χ1v) is 12.9. The molecule has 1 amide bonds. The molecule has 1 N–H and O–H groups in total. The molecule has 196 valence electrons. The van der Waals surface area contributed by atoms with Gasteiger partial charge in [-0.2, -0.15) is 5.10 Å². The van der Waals surface area contributed by atoms with Gasteiger partial charge in [0.1, 0.15) is 11.7 Å². The van der Waals surface area contributed by atoms with Crippen LogP contribution in [-0.4, -0.2) is 37.8 Å². The third kappa shape index (κ3) is 5.05. The number of hydrogen-bond donors (Lipinski definition) is 1. The predicted octanol–water partition coefficient (Wildman–Crippen LogP) is 4.61. The molecule has 5 rings (SSSR count). The van der Waals surface area contributed by atoms with Crippen molar-refractivity contribution >= 4 is 22.3 Å². The van der Waals surface area contributed by atoms with Crippen molar-refractivity contribution in [3.05, 3.63) is 106 Å². The molecule has 0 fully saturated rings. The molecule has 0 aliphatic heterocycles. The number of rotatable bonds is 6. The molecule has 5 aromatic rings. The molecule has 0 aliphatic rings. The van der Waals surface area contributed by atoms with Crippen LogP contribution in [0.2, 0.25) is 0 Å². The van der Waals surface area contributed by atoms with Crippen molar-refractivity contribution in [2.75, 3.05) is 6.61 Å². The molecule has 2 aromatic carbocycles. The summed E-state index contributed by atoms with van der Waals surface area (Å²) in [6.45, 7) is 8.00. The molecule has 0 saturated heterocycles. The van der Waals surface area contributed by atoms with E-state index in [1.807, 2.05) is 75.4 Å². The molecule has 39 heavy (non-hydrogen) atoms. The van der Waals surface area contributed by atoms with E-state index in [-0.39, 0.29) is 17.6 Å². The highest BCUT2D eigenvalue weighted by Crippen LogP contribution is 2.24. The average molecular weight is 520 g/mol. The lowest BCUT2D eigenvalue weighted by Crippen LogP contribution is -2.32. The third-order valence-corrected chi connectivity index (χ3v) is 6.51. The molecule has 8 heteroatoms. The second-order valence-corrected chi connectivity index (χ2v) is 9.23. The lowest BCUT2D eigenvalue weighted by Gasteiger charge is -2.21. The number of nitrogens with zero attached hydrogens (tertiary/aromatic N) is 4. The largest absolute Gasteiger partial charge is 0.366 e. The molecular weight excluding hydrogens is 490 g/mol. The summed E-state index contributed by atoms with van der Waals surface area (Å²) in [5.41, 5.74) is 3.20. The third-order valence-electron chi connectivity index (χ3n) is 6.51. The van der Waals surface area contributed by atoms with Crippen molar-refractivity contribution in [3.8, 4) is 17.5 Å². The van der Waals surface area contributed by atoms with Crippen LogP contribution in [0.4, 0.5) is 0 Å². The Balaban J connectivity index is 1.63. The maximum atomic E-state index is 14.1. The number of para-hydroxylation sites is 1. The van der Waals surface area contributed by atoms with Gasteiger partial charge in [-0.25, -0.2) is 9.50 Å². The summed E-state index contributed by atoms with van der Waals surface area (Å²) >= 11 is 0. The zero-order valence-electron chi connectivity index (χ0n) is 22.3. The Bertz CT molecular complexity index is 1790. The quantitative estimate of drug-likeness (QED) is 0.331. The van der Waals surface area contributed by atoms with Crippen LogP contribution in [0.3, 0.4) is 0 Å². The van der Waals surface area contributed by atoms with Crippen LogP contribution in [0, 0.1) is 18.8 Å². The number of nitrogens with one attached hydrogen (secondary N) is 1. The van der Waals surface area contributed by atoms with E-state index in [4.69, 9.17) is 4.74 Å². The second-order valence-electron chi connectivity index (χ2n) is 9.23. The van der Waals surface area contributed by atoms with Crippen molar-refractivity contribution in [1.29, 1.82) is 0 Å². The van der Waals surface area contributed by atoms with Gasteiger partial charge in [-0.15, -0.1) is 0 Å². The Hall–Kier alpha value is -4.74. The molecule has 0 bridgehead atoms. The van der Waals surface area contributed by atoms with E-state index in [1.54, 1.807) is 34.5 Å². The van der Waals surface area contributed by atoms with Crippen molar-refractivity contribution in [1.82, 2.24) is 24.5 Å².